The molecule has 1 aliphatic rings. The van der Waals surface area contributed by atoms with Gasteiger partial charge in [0.15, 0.2) is 0 Å². The second-order valence-corrected chi connectivity index (χ2v) is 4.51. The van der Waals surface area contributed by atoms with Crippen molar-refractivity contribution in [2.45, 2.75) is 25.3 Å². The average molecular weight is 228 g/mol. The summed E-state index contributed by atoms with van der Waals surface area (Å²) in [7, 11) is 0. The van der Waals surface area contributed by atoms with E-state index in [1.165, 1.54) is 11.1 Å². The lowest BCUT2D eigenvalue weighted by atomic mass is 10.1. The van der Waals surface area contributed by atoms with Crippen LogP contribution in [-0.2, 0) is 19.3 Å². The van der Waals surface area contributed by atoms with E-state index in [2.05, 4.69) is 44.8 Å². The van der Waals surface area contributed by atoms with Gasteiger partial charge in [-0.15, -0.1) is 0 Å². The van der Waals surface area contributed by atoms with Gasteiger partial charge in [0, 0.05) is 19.0 Å². The Labute approximate surface area is 100 Å². The van der Waals surface area contributed by atoms with E-state index in [9.17, 15) is 0 Å². The van der Waals surface area contributed by atoms with Crippen LogP contribution in [0.25, 0.3) is 0 Å². The lowest BCUT2D eigenvalue weighted by Gasteiger charge is -2.10. The number of fused-ring (bicyclic) bond motifs is 1. The first-order chi connectivity index (χ1) is 8.42. The molecule has 1 aliphatic carbocycles. The highest BCUT2D eigenvalue weighted by Crippen LogP contribution is 2.21. The summed E-state index contributed by atoms with van der Waals surface area (Å²) in [6.45, 7) is 0.952. The van der Waals surface area contributed by atoms with Crippen LogP contribution in [0, 0.1) is 0 Å². The third-order valence-corrected chi connectivity index (χ3v) is 3.31. The molecule has 0 unspecified atom stereocenters. The number of aromatic nitrogens is 3. The molecular weight excluding hydrogens is 212 g/mol. The van der Waals surface area contributed by atoms with Crippen molar-refractivity contribution >= 4 is 0 Å². The van der Waals surface area contributed by atoms with E-state index in [4.69, 9.17) is 0 Å². The highest BCUT2D eigenvalue weighted by atomic mass is 15.2. The van der Waals surface area contributed by atoms with Gasteiger partial charge >= 0.3 is 0 Å². The molecule has 0 spiro atoms. The highest BCUT2D eigenvalue weighted by Gasteiger charge is 2.19. The van der Waals surface area contributed by atoms with Crippen molar-refractivity contribution in [3.63, 3.8) is 0 Å². The van der Waals surface area contributed by atoms with Crippen LogP contribution in [0.3, 0.4) is 0 Å². The number of H-pyrrole nitrogens is 1. The Hall–Kier alpha value is -1.68. The molecule has 2 N–H and O–H groups in total. The Morgan fingerprint density at radius 1 is 1.24 bits per heavy atom. The van der Waals surface area contributed by atoms with Crippen molar-refractivity contribution < 1.29 is 0 Å². The minimum atomic E-state index is 0.579. The van der Waals surface area contributed by atoms with E-state index in [1.807, 2.05) is 0 Å². The Morgan fingerprint density at radius 3 is 2.65 bits per heavy atom. The number of hydrogen-bond donors (Lipinski definition) is 2. The maximum absolute atomic E-state index is 4.11. The Morgan fingerprint density at radius 2 is 2.00 bits per heavy atom. The molecule has 1 aromatic heterocycles. The number of benzene rings is 1. The van der Waals surface area contributed by atoms with E-state index in [-0.39, 0.29) is 0 Å². The van der Waals surface area contributed by atoms with Crippen LogP contribution in [0.5, 0.6) is 0 Å². The topological polar surface area (TPSA) is 53.6 Å². The second-order valence-electron chi connectivity index (χ2n) is 4.51. The van der Waals surface area contributed by atoms with Crippen molar-refractivity contribution in [3.05, 3.63) is 47.5 Å². The Kier molecular flexibility index (Phi) is 2.88. The van der Waals surface area contributed by atoms with Crippen molar-refractivity contribution in [2.24, 2.45) is 0 Å². The van der Waals surface area contributed by atoms with Crippen molar-refractivity contribution in [1.82, 2.24) is 20.5 Å². The fourth-order valence-electron chi connectivity index (χ4n) is 2.45. The largest absolute Gasteiger partial charge is 0.313 e. The smallest absolute Gasteiger partial charge is 0.137 e. The van der Waals surface area contributed by atoms with Gasteiger partial charge in [-0.25, -0.2) is 4.98 Å². The van der Waals surface area contributed by atoms with Crippen LogP contribution in [0.15, 0.2) is 30.6 Å². The number of rotatable bonds is 4. The number of hydrogen-bond acceptors (Lipinski definition) is 3. The van der Waals surface area contributed by atoms with Crippen LogP contribution < -0.4 is 5.32 Å². The Bertz CT molecular complexity index is 453. The van der Waals surface area contributed by atoms with Crippen molar-refractivity contribution in [2.75, 3.05) is 6.54 Å². The normalized spacial score (nSPS) is 15.1. The summed E-state index contributed by atoms with van der Waals surface area (Å²) in [4.78, 5) is 4.11. The fraction of sp³-hybridized carbons (Fsp3) is 0.385. The first kappa shape index (κ1) is 10.5. The molecule has 0 saturated carbocycles. The molecule has 0 aliphatic heterocycles. The summed E-state index contributed by atoms with van der Waals surface area (Å²) >= 11 is 0. The van der Waals surface area contributed by atoms with Crippen molar-refractivity contribution in [1.29, 1.82) is 0 Å². The molecule has 2 aromatic rings. The van der Waals surface area contributed by atoms with Gasteiger partial charge in [0.1, 0.15) is 12.2 Å². The summed E-state index contributed by atoms with van der Waals surface area (Å²) in [6, 6.07) is 9.28. The fourth-order valence-corrected chi connectivity index (χ4v) is 2.45. The molecular formula is C13H16N4. The van der Waals surface area contributed by atoms with E-state index in [0.29, 0.717) is 6.04 Å². The van der Waals surface area contributed by atoms with Crippen LogP contribution in [0.4, 0.5) is 0 Å². The van der Waals surface area contributed by atoms with Gasteiger partial charge in [-0.1, -0.05) is 24.3 Å². The number of aromatic amines is 1. The van der Waals surface area contributed by atoms with E-state index >= 15 is 0 Å². The first-order valence-corrected chi connectivity index (χ1v) is 6.06. The zero-order valence-corrected chi connectivity index (χ0v) is 9.69. The predicted molar refractivity (Wildman–Crippen MR) is 65.7 cm³/mol. The van der Waals surface area contributed by atoms with Gasteiger partial charge in [-0.3, -0.25) is 5.10 Å². The quantitative estimate of drug-likeness (QED) is 0.824. The van der Waals surface area contributed by atoms with Crippen molar-refractivity contribution in [3.8, 4) is 0 Å². The van der Waals surface area contributed by atoms with Gasteiger partial charge < -0.3 is 5.32 Å². The molecule has 0 fully saturated rings. The molecule has 17 heavy (non-hydrogen) atoms. The molecule has 0 bridgehead atoms. The maximum atomic E-state index is 4.11. The maximum Gasteiger partial charge on any atom is 0.137 e. The van der Waals surface area contributed by atoms with Crippen LogP contribution in [-0.4, -0.2) is 27.8 Å². The highest BCUT2D eigenvalue weighted by molar-refractivity contribution is 5.33. The molecule has 1 aromatic carbocycles. The van der Waals surface area contributed by atoms with Gasteiger partial charge in [0.05, 0.1) is 0 Å². The molecule has 4 heteroatoms. The van der Waals surface area contributed by atoms with Gasteiger partial charge in [0.2, 0.25) is 0 Å². The minimum Gasteiger partial charge on any atom is -0.313 e. The molecule has 1 heterocycles. The molecule has 0 atom stereocenters. The van der Waals surface area contributed by atoms with E-state index in [1.54, 1.807) is 6.33 Å². The average Bonchev–Trinajstić information content (AvgIpc) is 2.96. The lowest BCUT2D eigenvalue weighted by molar-refractivity contribution is 0.532. The monoisotopic (exact) mass is 228 g/mol. The van der Waals surface area contributed by atoms with Gasteiger partial charge in [0.25, 0.3) is 0 Å². The molecule has 88 valence electrons. The summed E-state index contributed by atoms with van der Waals surface area (Å²) in [5, 5.41) is 10.3. The molecule has 3 rings (SSSR count). The third kappa shape index (κ3) is 2.36. The minimum absolute atomic E-state index is 0.579. The number of nitrogens with one attached hydrogen (secondary N) is 2. The first-order valence-electron chi connectivity index (χ1n) is 6.06. The Balaban J connectivity index is 1.49. The third-order valence-electron chi connectivity index (χ3n) is 3.31. The molecule has 0 radical (unpaired) electrons. The van der Waals surface area contributed by atoms with E-state index in [0.717, 1.165) is 31.6 Å². The zero-order chi connectivity index (χ0) is 11.5. The summed E-state index contributed by atoms with van der Waals surface area (Å²) in [5.41, 5.74) is 2.98. The van der Waals surface area contributed by atoms with Gasteiger partial charge in [-0.2, -0.15) is 5.10 Å². The zero-order valence-electron chi connectivity index (χ0n) is 9.69. The van der Waals surface area contributed by atoms with Crippen LogP contribution in [0.2, 0.25) is 0 Å². The lowest BCUT2D eigenvalue weighted by Crippen LogP contribution is -2.31. The summed E-state index contributed by atoms with van der Waals surface area (Å²) < 4.78 is 0. The SMILES string of the molecule is c1ccc2c(c1)CC(NCCc1ncn[nH]1)C2. The van der Waals surface area contributed by atoms with Gasteiger partial charge in [-0.05, 0) is 24.0 Å². The van der Waals surface area contributed by atoms with E-state index < -0.39 is 0 Å². The summed E-state index contributed by atoms with van der Waals surface area (Å²) in [6.07, 6.45) is 4.76. The molecule has 4 nitrogen and oxygen atoms in total. The predicted octanol–water partition coefficient (Wildman–Crippen LogP) is 1.10. The number of nitrogens with zero attached hydrogens (tertiary/aromatic N) is 2. The molecule has 0 saturated heterocycles. The van der Waals surface area contributed by atoms with Crippen LogP contribution >= 0.6 is 0 Å². The molecule has 0 amide bonds. The second kappa shape index (κ2) is 4.67. The van der Waals surface area contributed by atoms with Crippen LogP contribution in [0.1, 0.15) is 17.0 Å². The standard InChI is InChI=1S/C13H16N4/c1-2-4-11-8-12(7-10(11)3-1)14-6-5-13-15-9-16-17-13/h1-4,9,12,14H,5-8H2,(H,15,16,17). The summed E-state index contributed by atoms with van der Waals surface area (Å²) in [5.74, 6) is 0.952.